The summed E-state index contributed by atoms with van der Waals surface area (Å²) in [5.41, 5.74) is 0. The molecule has 0 aromatic carbocycles. The molecule has 1 N–H and O–H groups in total. The highest BCUT2D eigenvalue weighted by Gasteiger charge is 2.19. The molecule has 0 aliphatic carbocycles. The van der Waals surface area contributed by atoms with E-state index in [1.165, 1.54) is 70.6 Å². The molecule has 304 valence electrons. The minimum absolute atomic E-state index is 0.0103. The molecule has 0 amide bonds. The maximum Gasteiger partial charge on any atom is 0.305 e. The van der Waals surface area contributed by atoms with Crippen molar-refractivity contribution in [2.45, 2.75) is 167 Å². The van der Waals surface area contributed by atoms with Gasteiger partial charge in [-0.1, -0.05) is 147 Å². The highest BCUT2D eigenvalue weighted by Crippen LogP contribution is 2.38. The van der Waals surface area contributed by atoms with Crippen LogP contribution in [-0.4, -0.2) is 75.3 Å². The standard InChI is InChI=1S/C42H78NO8P/c1-6-8-10-12-14-15-16-17-18-19-20-22-27-31-36-48-41(39-51-52(46,47)50-37-35-43(3,4)5)38-49-42(45)34-30-26-23-25-29-33-40(44)32-28-24-21-13-11-9-7-2/h9,11,21,24,28,31-32,36,40-41,44H,6-8,10,12-20,22-23,25-27,29-30,33-35,37-39H2,1-5H3/b11-9+,24-21+,32-28+,36-31+/t40?,41-/m1/s1. The monoisotopic (exact) mass is 756 g/mol. The largest absolute Gasteiger partial charge is 0.756 e. The highest BCUT2D eigenvalue weighted by molar-refractivity contribution is 7.45. The van der Waals surface area contributed by atoms with E-state index in [4.69, 9.17) is 18.5 Å². The van der Waals surface area contributed by atoms with Gasteiger partial charge in [-0.05, 0) is 44.6 Å². The van der Waals surface area contributed by atoms with Crippen molar-refractivity contribution in [3.8, 4) is 0 Å². The first-order chi connectivity index (χ1) is 25.0. The van der Waals surface area contributed by atoms with Crippen molar-refractivity contribution in [1.82, 2.24) is 0 Å². The Bertz CT molecular complexity index is 991. The summed E-state index contributed by atoms with van der Waals surface area (Å²) in [6.07, 6.45) is 38.1. The number of phosphoric ester groups is 1. The van der Waals surface area contributed by atoms with Gasteiger partial charge in [0.05, 0.1) is 40.1 Å². The quantitative estimate of drug-likeness (QED) is 0.0127. The van der Waals surface area contributed by atoms with Crippen LogP contribution in [0.25, 0.3) is 0 Å². The van der Waals surface area contributed by atoms with Crippen molar-refractivity contribution in [2.75, 3.05) is 47.5 Å². The van der Waals surface area contributed by atoms with Gasteiger partial charge in [-0.3, -0.25) is 9.36 Å². The number of aliphatic hydroxyl groups excluding tert-OH is 1. The van der Waals surface area contributed by atoms with Crippen LogP contribution in [0.3, 0.4) is 0 Å². The zero-order valence-corrected chi connectivity index (χ0v) is 34.8. The SMILES string of the molecule is CC/C=C/C/C=C/C=C/C(O)CCCCCCCC(=O)OC[C@H](COP(=O)([O-])OCC[N+](C)(C)C)O/C=C/CCCCCCCCCCCCCC. The molecule has 0 spiro atoms. The summed E-state index contributed by atoms with van der Waals surface area (Å²) in [4.78, 5) is 24.8. The Hall–Kier alpha value is -1.74. The van der Waals surface area contributed by atoms with Gasteiger partial charge in [0.1, 0.15) is 19.8 Å². The van der Waals surface area contributed by atoms with Gasteiger partial charge >= 0.3 is 5.97 Å². The molecule has 9 nitrogen and oxygen atoms in total. The fourth-order valence-electron chi connectivity index (χ4n) is 5.30. The van der Waals surface area contributed by atoms with Crippen LogP contribution >= 0.6 is 7.82 Å². The van der Waals surface area contributed by atoms with Crippen molar-refractivity contribution < 1.29 is 42.4 Å². The minimum atomic E-state index is -4.53. The molecular formula is C42H78NO8P. The molecule has 2 unspecified atom stereocenters. The summed E-state index contributed by atoms with van der Waals surface area (Å²) in [7, 11) is 1.30. The Morgan fingerprint density at radius 2 is 1.37 bits per heavy atom. The number of unbranched alkanes of at least 4 members (excludes halogenated alkanes) is 16. The van der Waals surface area contributed by atoms with Crippen LogP contribution < -0.4 is 4.89 Å². The van der Waals surface area contributed by atoms with Crippen molar-refractivity contribution in [2.24, 2.45) is 0 Å². The highest BCUT2D eigenvalue weighted by atomic mass is 31.2. The van der Waals surface area contributed by atoms with E-state index in [1.807, 2.05) is 45.4 Å². The first-order valence-electron chi connectivity index (χ1n) is 20.5. The van der Waals surface area contributed by atoms with Crippen LogP contribution in [0.1, 0.15) is 155 Å². The smallest absolute Gasteiger partial charge is 0.305 e. The molecule has 3 atom stereocenters. The Labute approximate surface area is 319 Å². The molecule has 0 aliphatic heterocycles. The second-order valence-electron chi connectivity index (χ2n) is 14.9. The predicted octanol–water partition coefficient (Wildman–Crippen LogP) is 10.3. The van der Waals surface area contributed by atoms with Gasteiger partial charge in [0.25, 0.3) is 7.82 Å². The van der Waals surface area contributed by atoms with Crippen LogP contribution in [-0.2, 0) is 27.9 Å². The molecule has 0 aromatic rings. The average Bonchev–Trinajstić information content (AvgIpc) is 3.09. The fourth-order valence-corrected chi connectivity index (χ4v) is 6.03. The number of carbonyl (C=O) groups is 1. The molecule has 0 saturated carbocycles. The third-order valence-corrected chi connectivity index (χ3v) is 9.55. The zero-order valence-electron chi connectivity index (χ0n) is 33.9. The van der Waals surface area contributed by atoms with E-state index >= 15 is 0 Å². The minimum Gasteiger partial charge on any atom is -0.756 e. The Morgan fingerprint density at radius 1 is 0.750 bits per heavy atom. The second kappa shape index (κ2) is 35.0. The van der Waals surface area contributed by atoms with Crippen molar-refractivity contribution in [3.63, 3.8) is 0 Å². The number of allylic oxidation sites excluding steroid dienone is 6. The van der Waals surface area contributed by atoms with Crippen molar-refractivity contribution in [1.29, 1.82) is 0 Å². The maximum absolute atomic E-state index is 12.4. The number of ether oxygens (including phenoxy) is 2. The number of carbonyl (C=O) groups excluding carboxylic acids is 1. The lowest BCUT2D eigenvalue weighted by Gasteiger charge is -2.28. The number of likely N-dealkylation sites (N-methyl/N-ethyl adjacent to an activating group) is 1. The summed E-state index contributed by atoms with van der Waals surface area (Å²) >= 11 is 0. The predicted molar refractivity (Wildman–Crippen MR) is 214 cm³/mol. The normalized spacial score (nSPS) is 14.9. The van der Waals surface area contributed by atoms with E-state index in [0.717, 1.165) is 57.8 Å². The van der Waals surface area contributed by atoms with Crippen LogP contribution in [0.15, 0.2) is 48.8 Å². The second-order valence-corrected chi connectivity index (χ2v) is 16.3. The van der Waals surface area contributed by atoms with Crippen molar-refractivity contribution in [3.05, 3.63) is 48.8 Å². The summed E-state index contributed by atoms with van der Waals surface area (Å²) in [5.74, 6) is -0.350. The summed E-state index contributed by atoms with van der Waals surface area (Å²) < 4.78 is 34.2. The number of aliphatic hydroxyl groups is 1. The Balaban J connectivity index is 4.41. The molecular weight excluding hydrogens is 677 g/mol. The lowest BCUT2D eigenvalue weighted by Crippen LogP contribution is -2.37. The molecule has 0 rings (SSSR count). The zero-order chi connectivity index (χ0) is 38.6. The van der Waals surface area contributed by atoms with E-state index in [1.54, 1.807) is 6.26 Å². The van der Waals surface area contributed by atoms with E-state index < -0.39 is 20.0 Å². The molecule has 0 radical (unpaired) electrons. The number of quaternary nitrogens is 1. The van der Waals surface area contributed by atoms with Crippen LogP contribution in [0.4, 0.5) is 0 Å². The summed E-state index contributed by atoms with van der Waals surface area (Å²) in [6.45, 7) is 4.46. The molecule has 0 saturated heterocycles. The average molecular weight is 756 g/mol. The van der Waals surface area contributed by atoms with Gasteiger partial charge in [-0.2, -0.15) is 0 Å². The molecule has 0 aromatic heterocycles. The lowest BCUT2D eigenvalue weighted by molar-refractivity contribution is -0.870. The summed E-state index contributed by atoms with van der Waals surface area (Å²) in [6, 6.07) is 0. The van der Waals surface area contributed by atoms with Gasteiger partial charge in [0.15, 0.2) is 6.10 Å². The fraction of sp³-hybridized carbons (Fsp3) is 0.786. The maximum atomic E-state index is 12.4. The van der Waals surface area contributed by atoms with Crippen LogP contribution in [0, 0.1) is 0 Å². The molecule has 52 heavy (non-hydrogen) atoms. The Morgan fingerprint density at radius 3 is 2.00 bits per heavy atom. The number of nitrogens with zero attached hydrogens (tertiary/aromatic N) is 1. The van der Waals surface area contributed by atoms with Crippen LogP contribution in [0.5, 0.6) is 0 Å². The number of hydrogen-bond acceptors (Lipinski definition) is 8. The number of esters is 1. The topological polar surface area (TPSA) is 114 Å². The molecule has 10 heteroatoms. The van der Waals surface area contributed by atoms with E-state index in [9.17, 15) is 19.4 Å². The van der Waals surface area contributed by atoms with Gasteiger partial charge in [0, 0.05) is 6.42 Å². The first kappa shape index (κ1) is 50.3. The lowest BCUT2D eigenvalue weighted by atomic mass is 10.0. The van der Waals surface area contributed by atoms with E-state index in [-0.39, 0.29) is 32.2 Å². The summed E-state index contributed by atoms with van der Waals surface area (Å²) in [5, 5.41) is 10.1. The Kier molecular flexibility index (Phi) is 33.8. The molecule has 0 bridgehead atoms. The van der Waals surface area contributed by atoms with E-state index in [2.05, 4.69) is 32.1 Å². The van der Waals surface area contributed by atoms with Crippen molar-refractivity contribution >= 4 is 13.8 Å². The van der Waals surface area contributed by atoms with Gasteiger partial charge in [0.2, 0.25) is 0 Å². The third-order valence-electron chi connectivity index (χ3n) is 8.59. The molecule has 0 fully saturated rings. The number of phosphoric acid groups is 1. The van der Waals surface area contributed by atoms with Crippen LogP contribution in [0.2, 0.25) is 0 Å². The first-order valence-corrected chi connectivity index (χ1v) is 22.0. The van der Waals surface area contributed by atoms with Gasteiger partial charge in [-0.25, -0.2) is 0 Å². The third kappa shape index (κ3) is 38.0. The van der Waals surface area contributed by atoms with Gasteiger partial charge < -0.3 is 33.0 Å². The number of hydrogen-bond donors (Lipinski definition) is 1. The molecule has 0 heterocycles. The molecule has 0 aliphatic rings. The van der Waals surface area contributed by atoms with E-state index in [0.29, 0.717) is 17.4 Å². The van der Waals surface area contributed by atoms with Gasteiger partial charge in [-0.15, -0.1) is 0 Å². The number of rotatable bonds is 37.